The van der Waals surface area contributed by atoms with Crippen LogP contribution in [-0.4, -0.2) is 49.4 Å². The summed E-state index contributed by atoms with van der Waals surface area (Å²) in [5, 5.41) is 0.427. The van der Waals surface area contributed by atoms with Crippen molar-refractivity contribution in [2.24, 2.45) is 5.92 Å². The normalized spacial score (nSPS) is 22.4. The van der Waals surface area contributed by atoms with Crippen molar-refractivity contribution in [3.63, 3.8) is 0 Å². The summed E-state index contributed by atoms with van der Waals surface area (Å²) in [6.45, 7) is 0.608. The van der Waals surface area contributed by atoms with Crippen LogP contribution in [0.5, 0.6) is 6.01 Å². The molecule has 2 saturated heterocycles. The number of carbonyl (C=O) groups excluding carboxylic acids is 1. The number of rotatable bonds is 4. The Labute approximate surface area is 183 Å². The lowest BCUT2D eigenvalue weighted by Crippen LogP contribution is -2.59. The van der Waals surface area contributed by atoms with Crippen molar-refractivity contribution in [1.29, 1.82) is 0 Å². The van der Waals surface area contributed by atoms with Crippen LogP contribution in [-0.2, 0) is 0 Å². The molecule has 3 aliphatic rings. The minimum Gasteiger partial charge on any atom is -0.458 e. The molecule has 2 aliphatic heterocycles. The van der Waals surface area contributed by atoms with Crippen molar-refractivity contribution < 1.29 is 13.9 Å². The third kappa shape index (κ3) is 3.83. The SMILES string of the molecule is O=C(c1cccc(F)c1-c1ncccn1)N1C[C@@H]2CC[C@H]1[C@H](Oc1ncc(Cl)cn1)C2. The van der Waals surface area contributed by atoms with E-state index in [2.05, 4.69) is 19.9 Å². The summed E-state index contributed by atoms with van der Waals surface area (Å²) in [6, 6.07) is 6.21. The summed E-state index contributed by atoms with van der Waals surface area (Å²) in [5.41, 5.74) is 0.369. The van der Waals surface area contributed by atoms with Crippen LogP contribution in [0.4, 0.5) is 4.39 Å². The smallest absolute Gasteiger partial charge is 0.316 e. The number of fused-ring (bicyclic) bond motifs is 3. The van der Waals surface area contributed by atoms with Crippen molar-refractivity contribution in [3.05, 3.63) is 65.5 Å². The van der Waals surface area contributed by atoms with E-state index >= 15 is 0 Å². The molecule has 7 nitrogen and oxygen atoms in total. The molecule has 31 heavy (non-hydrogen) atoms. The molecule has 1 aromatic carbocycles. The maximum Gasteiger partial charge on any atom is 0.316 e. The van der Waals surface area contributed by atoms with Gasteiger partial charge in [-0.3, -0.25) is 4.79 Å². The molecule has 0 spiro atoms. The first-order valence-corrected chi connectivity index (χ1v) is 10.5. The predicted octanol–water partition coefficient (Wildman–Crippen LogP) is 3.80. The standard InChI is InChI=1S/C22H19ClFN5O2/c23-14-10-27-22(28-11-14)31-18-9-13-5-6-17(18)29(12-13)21(30)15-3-1-4-16(24)19(15)20-25-7-2-8-26-20/h1-4,7-8,10-11,13,17-18H,5-6,9,12H2/t13-,17+,18-/m1/s1. The van der Waals surface area contributed by atoms with Gasteiger partial charge in [0.2, 0.25) is 0 Å². The average molecular weight is 440 g/mol. The highest BCUT2D eigenvalue weighted by atomic mass is 35.5. The van der Waals surface area contributed by atoms with Crippen LogP contribution in [0.3, 0.4) is 0 Å². The van der Waals surface area contributed by atoms with E-state index in [9.17, 15) is 9.18 Å². The molecule has 3 atom stereocenters. The van der Waals surface area contributed by atoms with Crippen LogP contribution < -0.4 is 4.74 Å². The predicted molar refractivity (Wildman–Crippen MR) is 111 cm³/mol. The van der Waals surface area contributed by atoms with Gasteiger partial charge in [0.05, 0.1) is 34.6 Å². The number of carbonyl (C=O) groups is 1. The largest absolute Gasteiger partial charge is 0.458 e. The van der Waals surface area contributed by atoms with Gasteiger partial charge < -0.3 is 9.64 Å². The third-order valence-electron chi connectivity index (χ3n) is 5.87. The lowest BCUT2D eigenvalue weighted by Gasteiger charge is -2.49. The van der Waals surface area contributed by atoms with Crippen LogP contribution >= 0.6 is 11.6 Å². The summed E-state index contributed by atoms with van der Waals surface area (Å²) in [7, 11) is 0. The number of aromatic nitrogens is 4. The number of piperidine rings is 2. The zero-order valence-electron chi connectivity index (χ0n) is 16.5. The summed E-state index contributed by atoms with van der Waals surface area (Å²) in [5.74, 6) is -0.284. The molecule has 3 aromatic rings. The zero-order valence-corrected chi connectivity index (χ0v) is 17.2. The Balaban J connectivity index is 1.45. The van der Waals surface area contributed by atoms with E-state index in [1.165, 1.54) is 36.9 Å². The fourth-order valence-corrected chi connectivity index (χ4v) is 4.60. The van der Waals surface area contributed by atoms with Crippen molar-refractivity contribution in [3.8, 4) is 17.4 Å². The Morgan fingerprint density at radius 1 is 1.10 bits per heavy atom. The van der Waals surface area contributed by atoms with Gasteiger partial charge in [-0.25, -0.2) is 24.3 Å². The van der Waals surface area contributed by atoms with E-state index in [0.29, 0.717) is 17.5 Å². The highest BCUT2D eigenvalue weighted by Crippen LogP contribution is 2.38. The molecule has 4 heterocycles. The van der Waals surface area contributed by atoms with E-state index in [1.54, 1.807) is 17.0 Å². The topological polar surface area (TPSA) is 81.1 Å². The zero-order chi connectivity index (χ0) is 21.4. The molecular weight excluding hydrogens is 421 g/mol. The van der Waals surface area contributed by atoms with Gasteiger partial charge in [-0.15, -0.1) is 0 Å². The van der Waals surface area contributed by atoms with Gasteiger partial charge in [-0.05, 0) is 43.4 Å². The molecule has 0 unspecified atom stereocenters. The number of nitrogens with zero attached hydrogens (tertiary/aromatic N) is 5. The van der Waals surface area contributed by atoms with E-state index in [4.69, 9.17) is 16.3 Å². The number of hydrogen-bond acceptors (Lipinski definition) is 6. The number of halogens is 2. The van der Waals surface area contributed by atoms with Crippen LogP contribution in [0.1, 0.15) is 29.6 Å². The van der Waals surface area contributed by atoms with Crippen LogP contribution in [0.15, 0.2) is 49.1 Å². The number of hydrogen-bond donors (Lipinski definition) is 0. The maximum atomic E-state index is 14.7. The number of ether oxygens (including phenoxy) is 1. The highest BCUT2D eigenvalue weighted by Gasteiger charge is 2.45. The number of benzene rings is 1. The monoisotopic (exact) mass is 439 g/mol. The molecule has 0 radical (unpaired) electrons. The molecule has 1 saturated carbocycles. The number of amides is 1. The molecule has 158 valence electrons. The molecule has 3 fully saturated rings. The van der Waals surface area contributed by atoms with E-state index in [1.807, 2.05) is 0 Å². The molecule has 6 rings (SSSR count). The molecule has 9 heteroatoms. The van der Waals surface area contributed by atoms with Crippen LogP contribution in [0, 0.1) is 11.7 Å². The van der Waals surface area contributed by atoms with Crippen LogP contribution in [0.25, 0.3) is 11.4 Å². The minimum absolute atomic E-state index is 0.119. The van der Waals surface area contributed by atoms with Gasteiger partial charge in [-0.1, -0.05) is 17.7 Å². The van der Waals surface area contributed by atoms with Gasteiger partial charge in [0, 0.05) is 18.9 Å². The summed E-state index contributed by atoms with van der Waals surface area (Å²) >= 11 is 5.85. The van der Waals surface area contributed by atoms with E-state index in [0.717, 1.165) is 19.3 Å². The fourth-order valence-electron chi connectivity index (χ4n) is 4.50. The third-order valence-corrected chi connectivity index (χ3v) is 6.06. The second kappa shape index (κ2) is 8.19. The van der Waals surface area contributed by atoms with Gasteiger partial charge >= 0.3 is 6.01 Å². The first-order valence-electron chi connectivity index (χ1n) is 10.1. The van der Waals surface area contributed by atoms with Gasteiger partial charge in [0.1, 0.15) is 11.9 Å². The second-order valence-corrected chi connectivity index (χ2v) is 8.22. The highest BCUT2D eigenvalue weighted by molar-refractivity contribution is 6.30. The Morgan fingerprint density at radius 3 is 2.61 bits per heavy atom. The Kier molecular flexibility index (Phi) is 5.23. The van der Waals surface area contributed by atoms with Crippen molar-refractivity contribution >= 4 is 17.5 Å². The van der Waals surface area contributed by atoms with Gasteiger partial charge in [0.15, 0.2) is 5.82 Å². The van der Waals surface area contributed by atoms with Crippen molar-refractivity contribution in [2.75, 3.05) is 6.54 Å². The van der Waals surface area contributed by atoms with Crippen molar-refractivity contribution in [2.45, 2.75) is 31.4 Å². The summed E-state index contributed by atoms with van der Waals surface area (Å²) in [6.07, 6.45) is 8.43. The lowest BCUT2D eigenvalue weighted by molar-refractivity contribution is -0.0330. The fraction of sp³-hybridized carbons (Fsp3) is 0.318. The van der Waals surface area contributed by atoms with Crippen LogP contribution in [0.2, 0.25) is 5.02 Å². The molecule has 2 aromatic heterocycles. The van der Waals surface area contributed by atoms with E-state index < -0.39 is 5.82 Å². The molecule has 2 bridgehead atoms. The molecule has 1 aliphatic carbocycles. The molecular formula is C22H19ClFN5O2. The first kappa shape index (κ1) is 19.8. The van der Waals surface area contributed by atoms with Gasteiger partial charge in [-0.2, -0.15) is 0 Å². The minimum atomic E-state index is -0.526. The summed E-state index contributed by atoms with van der Waals surface area (Å²) in [4.78, 5) is 31.9. The maximum absolute atomic E-state index is 14.7. The Hall–Kier alpha value is -3.13. The Bertz CT molecular complexity index is 1100. The Morgan fingerprint density at radius 2 is 1.87 bits per heavy atom. The second-order valence-electron chi connectivity index (χ2n) is 7.78. The molecule has 0 N–H and O–H groups in total. The van der Waals surface area contributed by atoms with Gasteiger partial charge in [0.25, 0.3) is 5.91 Å². The molecule has 1 amide bonds. The van der Waals surface area contributed by atoms with E-state index in [-0.39, 0.29) is 41.0 Å². The average Bonchev–Trinajstić information content (AvgIpc) is 2.81. The quantitative estimate of drug-likeness (QED) is 0.615. The summed E-state index contributed by atoms with van der Waals surface area (Å²) < 4.78 is 20.8. The first-order chi connectivity index (χ1) is 15.1. The van der Waals surface area contributed by atoms with Crippen molar-refractivity contribution in [1.82, 2.24) is 24.8 Å². The lowest BCUT2D eigenvalue weighted by atomic mass is 9.77.